The number of hydrogen-bond donors (Lipinski definition) is 1. The lowest BCUT2D eigenvalue weighted by atomic mass is 10.1. The summed E-state index contributed by atoms with van der Waals surface area (Å²) >= 11 is 0. The Labute approximate surface area is 114 Å². The summed E-state index contributed by atoms with van der Waals surface area (Å²) in [6.07, 6.45) is 1.79. The second-order valence-corrected chi connectivity index (χ2v) is 4.36. The molecule has 0 saturated carbocycles. The van der Waals surface area contributed by atoms with Crippen molar-refractivity contribution < 1.29 is 19.4 Å². The van der Waals surface area contributed by atoms with Crippen molar-refractivity contribution in [1.29, 1.82) is 0 Å². The number of rotatable bonds is 2. The number of aromatic nitrogens is 1. The summed E-state index contributed by atoms with van der Waals surface area (Å²) in [5.41, 5.74) is 1.98. The van der Waals surface area contributed by atoms with Gasteiger partial charge in [-0.05, 0) is 24.3 Å². The number of carbonyl (C=O) groups is 2. The van der Waals surface area contributed by atoms with Crippen LogP contribution in [0.25, 0.3) is 16.4 Å². The Bertz CT molecular complexity index is 848. The lowest BCUT2D eigenvalue weighted by molar-refractivity contribution is 0.0604. The fraction of sp³-hybridized carbons (Fsp3) is 0.0667. The van der Waals surface area contributed by atoms with E-state index < -0.39 is 11.9 Å². The van der Waals surface area contributed by atoms with Gasteiger partial charge in [0.2, 0.25) is 0 Å². The van der Waals surface area contributed by atoms with Crippen molar-refractivity contribution in [3.63, 3.8) is 0 Å². The van der Waals surface area contributed by atoms with E-state index in [1.54, 1.807) is 28.8 Å². The Hall–Kier alpha value is -2.82. The molecule has 0 aliphatic carbocycles. The molecule has 100 valence electrons. The molecule has 5 nitrogen and oxygen atoms in total. The Balaban J connectivity index is 2.47. The quantitative estimate of drug-likeness (QED) is 0.726. The van der Waals surface area contributed by atoms with E-state index in [-0.39, 0.29) is 5.56 Å². The van der Waals surface area contributed by atoms with Crippen LogP contribution in [0.5, 0.6) is 0 Å². The van der Waals surface area contributed by atoms with Crippen LogP contribution >= 0.6 is 0 Å². The van der Waals surface area contributed by atoms with Gasteiger partial charge in [0.05, 0.1) is 29.3 Å². The van der Waals surface area contributed by atoms with Crippen LogP contribution in [-0.4, -0.2) is 28.6 Å². The first-order valence-electron chi connectivity index (χ1n) is 5.98. The summed E-state index contributed by atoms with van der Waals surface area (Å²) in [7, 11) is 1.33. The van der Waals surface area contributed by atoms with Crippen molar-refractivity contribution >= 4 is 28.4 Å². The Morgan fingerprint density at radius 1 is 1.15 bits per heavy atom. The van der Waals surface area contributed by atoms with Crippen LogP contribution < -0.4 is 0 Å². The molecule has 0 fully saturated rings. The molecule has 1 N–H and O–H groups in total. The minimum atomic E-state index is -1.00. The third kappa shape index (κ3) is 1.64. The average Bonchev–Trinajstić information content (AvgIpc) is 2.80. The summed E-state index contributed by atoms with van der Waals surface area (Å²) in [5, 5.41) is 9.75. The zero-order chi connectivity index (χ0) is 14.3. The lowest BCUT2D eigenvalue weighted by Gasteiger charge is -1.98. The predicted molar refractivity (Wildman–Crippen MR) is 73.2 cm³/mol. The maximum atomic E-state index is 12.0. The maximum Gasteiger partial charge on any atom is 0.340 e. The van der Waals surface area contributed by atoms with Gasteiger partial charge in [0.1, 0.15) is 0 Å². The highest BCUT2D eigenvalue weighted by molar-refractivity contribution is 6.12. The average molecular weight is 269 g/mol. The molecular formula is C15H11NO4. The molecular weight excluding hydrogens is 258 g/mol. The number of esters is 1. The fourth-order valence-corrected chi connectivity index (χ4v) is 2.39. The summed E-state index contributed by atoms with van der Waals surface area (Å²) in [4.78, 5) is 23.0. The Morgan fingerprint density at radius 2 is 1.95 bits per heavy atom. The summed E-state index contributed by atoms with van der Waals surface area (Å²) < 4.78 is 6.61. The molecule has 2 heterocycles. The number of benzene rings is 1. The molecule has 0 radical (unpaired) electrons. The number of carboxylic acid groups (broad SMARTS) is 1. The minimum Gasteiger partial charge on any atom is -0.478 e. The number of methoxy groups -OCH3 is 1. The van der Waals surface area contributed by atoms with Gasteiger partial charge >= 0.3 is 11.9 Å². The van der Waals surface area contributed by atoms with Crippen LogP contribution in [-0.2, 0) is 4.74 Å². The minimum absolute atomic E-state index is 0.178. The van der Waals surface area contributed by atoms with Crippen molar-refractivity contribution in [3.8, 4) is 0 Å². The number of aromatic carboxylic acids is 1. The largest absolute Gasteiger partial charge is 0.478 e. The SMILES string of the molecule is COC(=O)c1c2ccc(C(=O)O)cc2n2ccccc12. The van der Waals surface area contributed by atoms with Crippen molar-refractivity contribution in [2.75, 3.05) is 7.11 Å². The Kier molecular flexibility index (Phi) is 2.68. The van der Waals surface area contributed by atoms with E-state index in [0.717, 1.165) is 0 Å². The molecule has 0 unspecified atom stereocenters. The van der Waals surface area contributed by atoms with E-state index in [1.165, 1.54) is 13.2 Å². The summed E-state index contributed by atoms with van der Waals surface area (Å²) in [6.45, 7) is 0. The van der Waals surface area contributed by atoms with E-state index in [2.05, 4.69) is 0 Å². The standard InChI is InChI=1S/C15H11NO4/c1-20-15(19)13-10-6-5-9(14(17)18)8-12(10)16-7-3-2-4-11(13)16/h2-8H,1H3,(H,17,18). The number of carbonyl (C=O) groups excluding carboxylic acids is 1. The summed E-state index contributed by atoms with van der Waals surface area (Å²) in [6, 6.07) is 10.1. The molecule has 1 aromatic carbocycles. The van der Waals surface area contributed by atoms with E-state index in [1.807, 2.05) is 12.1 Å². The second-order valence-electron chi connectivity index (χ2n) is 4.36. The highest BCUT2D eigenvalue weighted by Gasteiger charge is 2.19. The van der Waals surface area contributed by atoms with Gasteiger partial charge in [-0.1, -0.05) is 12.1 Å². The van der Waals surface area contributed by atoms with Crippen LogP contribution in [0, 0.1) is 0 Å². The van der Waals surface area contributed by atoms with Crippen molar-refractivity contribution in [1.82, 2.24) is 4.40 Å². The third-order valence-electron chi connectivity index (χ3n) is 3.28. The van der Waals surface area contributed by atoms with E-state index in [9.17, 15) is 9.59 Å². The van der Waals surface area contributed by atoms with Gasteiger partial charge in [-0.2, -0.15) is 0 Å². The first kappa shape index (κ1) is 12.2. The Morgan fingerprint density at radius 3 is 2.65 bits per heavy atom. The number of ether oxygens (including phenoxy) is 1. The molecule has 2 aromatic heterocycles. The zero-order valence-electron chi connectivity index (χ0n) is 10.7. The van der Waals surface area contributed by atoms with Crippen LogP contribution in [0.4, 0.5) is 0 Å². The molecule has 0 atom stereocenters. The number of hydrogen-bond acceptors (Lipinski definition) is 3. The number of nitrogens with zero attached hydrogens (tertiary/aromatic N) is 1. The molecule has 20 heavy (non-hydrogen) atoms. The zero-order valence-corrected chi connectivity index (χ0v) is 10.7. The molecule has 0 bridgehead atoms. The van der Waals surface area contributed by atoms with Gasteiger partial charge in [-0.3, -0.25) is 0 Å². The normalized spacial score (nSPS) is 10.8. The highest BCUT2D eigenvalue weighted by Crippen LogP contribution is 2.28. The lowest BCUT2D eigenvalue weighted by Crippen LogP contribution is -2.01. The monoisotopic (exact) mass is 269 g/mol. The van der Waals surface area contributed by atoms with Crippen molar-refractivity contribution in [2.45, 2.75) is 0 Å². The molecule has 0 aliphatic rings. The van der Waals surface area contributed by atoms with Gasteiger partial charge in [-0.25, -0.2) is 9.59 Å². The van der Waals surface area contributed by atoms with E-state index in [0.29, 0.717) is 22.0 Å². The highest BCUT2D eigenvalue weighted by atomic mass is 16.5. The van der Waals surface area contributed by atoms with Gasteiger partial charge in [0, 0.05) is 11.6 Å². The first-order valence-corrected chi connectivity index (χ1v) is 5.98. The van der Waals surface area contributed by atoms with Crippen LogP contribution in [0.2, 0.25) is 0 Å². The van der Waals surface area contributed by atoms with Crippen LogP contribution in [0.1, 0.15) is 20.7 Å². The molecule has 0 spiro atoms. The molecule has 0 aliphatic heterocycles. The maximum absolute atomic E-state index is 12.0. The third-order valence-corrected chi connectivity index (χ3v) is 3.28. The van der Waals surface area contributed by atoms with Gasteiger partial charge in [-0.15, -0.1) is 0 Å². The smallest absolute Gasteiger partial charge is 0.340 e. The van der Waals surface area contributed by atoms with Crippen LogP contribution in [0.3, 0.4) is 0 Å². The molecule has 5 heteroatoms. The second kappa shape index (κ2) is 4.38. The predicted octanol–water partition coefficient (Wildman–Crippen LogP) is 2.58. The number of fused-ring (bicyclic) bond motifs is 3. The number of pyridine rings is 1. The van der Waals surface area contributed by atoms with Gasteiger partial charge in [0.15, 0.2) is 0 Å². The first-order chi connectivity index (χ1) is 9.63. The van der Waals surface area contributed by atoms with Crippen LogP contribution in [0.15, 0.2) is 42.6 Å². The topological polar surface area (TPSA) is 68.0 Å². The van der Waals surface area contributed by atoms with Crippen molar-refractivity contribution in [3.05, 3.63) is 53.7 Å². The van der Waals surface area contributed by atoms with E-state index in [4.69, 9.17) is 9.84 Å². The van der Waals surface area contributed by atoms with E-state index >= 15 is 0 Å². The molecule has 0 saturated heterocycles. The van der Waals surface area contributed by atoms with Crippen molar-refractivity contribution in [2.24, 2.45) is 0 Å². The molecule has 3 rings (SSSR count). The molecule has 3 aromatic rings. The molecule has 0 amide bonds. The summed E-state index contributed by atoms with van der Waals surface area (Å²) in [5.74, 6) is -1.44. The number of carboxylic acids is 1. The van der Waals surface area contributed by atoms with Gasteiger partial charge < -0.3 is 14.2 Å². The fourth-order valence-electron chi connectivity index (χ4n) is 2.39. The van der Waals surface area contributed by atoms with Gasteiger partial charge in [0.25, 0.3) is 0 Å².